The van der Waals surface area contributed by atoms with Crippen LogP contribution in [0.2, 0.25) is 10.0 Å². The van der Waals surface area contributed by atoms with E-state index in [4.69, 9.17) is 35.4 Å². The number of nitrogens with zero attached hydrogens (tertiary/aromatic N) is 1. The molecule has 0 atom stereocenters. The van der Waals surface area contributed by atoms with Gasteiger partial charge in [0.1, 0.15) is 5.01 Å². The van der Waals surface area contributed by atoms with Gasteiger partial charge in [-0.1, -0.05) is 53.0 Å². The lowest BCUT2D eigenvalue weighted by molar-refractivity contribution is 0.0977. The van der Waals surface area contributed by atoms with Crippen molar-refractivity contribution in [1.82, 2.24) is 10.3 Å². The van der Waals surface area contributed by atoms with Gasteiger partial charge in [-0.05, 0) is 55.5 Å². The number of aromatic nitrogens is 1. The van der Waals surface area contributed by atoms with E-state index in [1.165, 1.54) is 11.3 Å². The maximum atomic E-state index is 12.4. The Morgan fingerprint density at radius 1 is 1.03 bits per heavy atom. The Bertz CT molecular complexity index is 1250. The van der Waals surface area contributed by atoms with Gasteiger partial charge in [-0.2, -0.15) is 0 Å². The average molecular weight is 472 g/mol. The number of anilines is 1. The van der Waals surface area contributed by atoms with Crippen molar-refractivity contribution in [3.63, 3.8) is 0 Å². The highest BCUT2D eigenvalue weighted by Gasteiger charge is 2.15. The molecule has 0 aliphatic heterocycles. The van der Waals surface area contributed by atoms with Crippen LogP contribution in [0, 0.1) is 6.92 Å². The Morgan fingerprint density at radius 3 is 2.60 bits per heavy atom. The number of hydrogen-bond donors (Lipinski definition) is 2. The van der Waals surface area contributed by atoms with Crippen LogP contribution in [0.3, 0.4) is 0 Å². The van der Waals surface area contributed by atoms with Gasteiger partial charge in [0.2, 0.25) is 0 Å². The zero-order valence-electron chi connectivity index (χ0n) is 15.7. The van der Waals surface area contributed by atoms with Gasteiger partial charge in [0.25, 0.3) is 5.91 Å². The van der Waals surface area contributed by atoms with Crippen LogP contribution in [-0.4, -0.2) is 16.0 Å². The number of carbonyl (C=O) groups is 1. The summed E-state index contributed by atoms with van der Waals surface area (Å²) in [6.07, 6.45) is 0. The summed E-state index contributed by atoms with van der Waals surface area (Å²) in [5.41, 5.74) is 3.68. The first-order chi connectivity index (χ1) is 14.4. The van der Waals surface area contributed by atoms with Gasteiger partial charge < -0.3 is 5.32 Å². The van der Waals surface area contributed by atoms with Gasteiger partial charge in [0.05, 0.1) is 25.9 Å². The summed E-state index contributed by atoms with van der Waals surface area (Å²) in [5.74, 6) is -0.298. The Morgan fingerprint density at radius 2 is 1.83 bits per heavy atom. The number of halogens is 2. The molecule has 2 N–H and O–H groups in total. The first-order valence-electron chi connectivity index (χ1n) is 8.95. The van der Waals surface area contributed by atoms with E-state index < -0.39 is 0 Å². The fraction of sp³-hybridized carbons (Fsp3) is 0.0455. The van der Waals surface area contributed by atoms with E-state index >= 15 is 0 Å². The second-order valence-electron chi connectivity index (χ2n) is 6.58. The molecule has 1 heterocycles. The largest absolute Gasteiger partial charge is 0.331 e. The molecule has 0 saturated carbocycles. The van der Waals surface area contributed by atoms with E-state index in [-0.39, 0.29) is 11.0 Å². The normalized spacial score (nSPS) is 10.8. The van der Waals surface area contributed by atoms with Gasteiger partial charge in [0.15, 0.2) is 5.11 Å². The zero-order valence-corrected chi connectivity index (χ0v) is 18.8. The van der Waals surface area contributed by atoms with Crippen molar-refractivity contribution in [1.29, 1.82) is 0 Å². The molecule has 0 saturated heterocycles. The van der Waals surface area contributed by atoms with Gasteiger partial charge in [-0.25, -0.2) is 4.98 Å². The summed E-state index contributed by atoms with van der Waals surface area (Å²) in [5, 5.41) is 7.44. The van der Waals surface area contributed by atoms with Crippen LogP contribution in [0.4, 0.5) is 5.69 Å². The highest BCUT2D eigenvalue weighted by Crippen LogP contribution is 2.38. The van der Waals surface area contributed by atoms with Crippen LogP contribution in [-0.2, 0) is 0 Å². The quantitative estimate of drug-likeness (QED) is 0.326. The number of thiazole rings is 1. The van der Waals surface area contributed by atoms with Crippen molar-refractivity contribution in [2.24, 2.45) is 0 Å². The summed E-state index contributed by atoms with van der Waals surface area (Å²) in [7, 11) is 0. The molecule has 1 amide bonds. The van der Waals surface area contributed by atoms with Crippen LogP contribution in [0.25, 0.3) is 20.8 Å². The first kappa shape index (κ1) is 20.8. The monoisotopic (exact) mass is 471 g/mol. The summed E-state index contributed by atoms with van der Waals surface area (Å²) in [6.45, 7) is 1.92. The van der Waals surface area contributed by atoms with Crippen molar-refractivity contribution >= 4 is 73.7 Å². The molecule has 4 nitrogen and oxygen atoms in total. The number of nitrogens with one attached hydrogen (secondary N) is 2. The van der Waals surface area contributed by atoms with Crippen LogP contribution in [0.5, 0.6) is 0 Å². The van der Waals surface area contributed by atoms with E-state index in [9.17, 15) is 4.79 Å². The molecule has 8 heteroatoms. The predicted octanol–water partition coefficient (Wildman–Crippen LogP) is 6.71. The molecule has 4 rings (SSSR count). The number of thiocarbonyl (C=S) groups is 1. The standard InChI is InChI=1S/C22H15Cl2N3OS2/c1-12-5-4-6-13(9-12)20(28)27-22(29)26-18-10-14(15(23)11-16(18)24)21-25-17-7-2-3-8-19(17)30-21/h2-11H,1H3,(H2,26,27,28,29). The second-order valence-corrected chi connectivity index (χ2v) is 8.83. The molecule has 1 aromatic heterocycles. The van der Waals surface area contributed by atoms with Crippen LogP contribution < -0.4 is 10.6 Å². The predicted molar refractivity (Wildman–Crippen MR) is 130 cm³/mol. The number of para-hydroxylation sites is 1. The third kappa shape index (κ3) is 4.47. The first-order valence-corrected chi connectivity index (χ1v) is 10.9. The highest BCUT2D eigenvalue weighted by molar-refractivity contribution is 7.80. The molecule has 3 aromatic carbocycles. The molecule has 0 radical (unpaired) electrons. The molecule has 4 aromatic rings. The minimum Gasteiger partial charge on any atom is -0.331 e. The molecule has 0 aliphatic carbocycles. The van der Waals surface area contributed by atoms with Crippen LogP contribution >= 0.6 is 46.8 Å². The van der Waals surface area contributed by atoms with Gasteiger partial charge >= 0.3 is 0 Å². The van der Waals surface area contributed by atoms with E-state index in [0.717, 1.165) is 26.4 Å². The Labute approximate surface area is 192 Å². The minimum absolute atomic E-state index is 0.140. The van der Waals surface area contributed by atoms with Crippen molar-refractivity contribution in [2.75, 3.05) is 5.32 Å². The maximum absolute atomic E-state index is 12.4. The zero-order chi connectivity index (χ0) is 21.3. The van der Waals surface area contributed by atoms with Crippen molar-refractivity contribution in [3.8, 4) is 10.6 Å². The lowest BCUT2D eigenvalue weighted by Gasteiger charge is -2.13. The van der Waals surface area contributed by atoms with Crippen LogP contribution in [0.15, 0.2) is 60.7 Å². The molecule has 0 fully saturated rings. The van der Waals surface area contributed by atoms with Gasteiger partial charge in [-0.3, -0.25) is 10.1 Å². The number of fused-ring (bicyclic) bond motifs is 1. The summed E-state index contributed by atoms with van der Waals surface area (Å²) in [4.78, 5) is 17.1. The number of benzene rings is 3. The molecular formula is C22H15Cl2N3OS2. The van der Waals surface area contributed by atoms with Crippen molar-refractivity contribution < 1.29 is 4.79 Å². The van der Waals surface area contributed by atoms with E-state index in [2.05, 4.69) is 15.6 Å². The number of rotatable bonds is 3. The van der Waals surface area contributed by atoms with Gasteiger partial charge in [0, 0.05) is 11.1 Å². The fourth-order valence-corrected chi connectivity index (χ4v) is 4.69. The summed E-state index contributed by atoms with van der Waals surface area (Å²) in [6, 6.07) is 18.6. The van der Waals surface area contributed by atoms with Gasteiger partial charge in [-0.15, -0.1) is 11.3 Å². The third-order valence-electron chi connectivity index (χ3n) is 4.34. The average Bonchev–Trinajstić information content (AvgIpc) is 3.14. The van der Waals surface area contributed by atoms with Crippen molar-refractivity contribution in [2.45, 2.75) is 6.92 Å². The molecular weight excluding hydrogens is 457 g/mol. The Balaban J connectivity index is 1.57. The smallest absolute Gasteiger partial charge is 0.257 e. The third-order valence-corrected chi connectivity index (χ3v) is 6.24. The SMILES string of the molecule is Cc1cccc(C(=O)NC(=S)Nc2cc(-c3nc4ccccc4s3)c(Cl)cc2Cl)c1. The number of amides is 1. The molecule has 0 unspecified atom stereocenters. The Hall–Kier alpha value is -2.51. The van der Waals surface area contributed by atoms with Crippen LogP contribution in [0.1, 0.15) is 15.9 Å². The molecule has 150 valence electrons. The summed E-state index contributed by atoms with van der Waals surface area (Å²) < 4.78 is 1.06. The maximum Gasteiger partial charge on any atom is 0.257 e. The molecule has 0 spiro atoms. The minimum atomic E-state index is -0.298. The highest BCUT2D eigenvalue weighted by atomic mass is 35.5. The second kappa shape index (κ2) is 8.70. The van der Waals surface area contributed by atoms with E-state index in [1.54, 1.807) is 24.3 Å². The topological polar surface area (TPSA) is 54.0 Å². The fourth-order valence-electron chi connectivity index (χ4n) is 2.91. The Kier molecular flexibility index (Phi) is 6.01. The molecule has 0 bridgehead atoms. The molecule has 0 aliphatic rings. The van der Waals surface area contributed by atoms with Crippen molar-refractivity contribution in [3.05, 3.63) is 81.8 Å². The molecule has 30 heavy (non-hydrogen) atoms. The van der Waals surface area contributed by atoms with E-state index in [0.29, 0.717) is 21.3 Å². The number of carbonyl (C=O) groups excluding carboxylic acids is 1. The number of aryl methyl sites for hydroxylation is 1. The number of hydrogen-bond acceptors (Lipinski definition) is 4. The van der Waals surface area contributed by atoms with E-state index in [1.807, 2.05) is 43.3 Å². The summed E-state index contributed by atoms with van der Waals surface area (Å²) >= 11 is 19.6. The lowest BCUT2D eigenvalue weighted by atomic mass is 10.1. The lowest BCUT2D eigenvalue weighted by Crippen LogP contribution is -2.34.